The Hall–Kier alpha value is -7.33. The first kappa shape index (κ1) is 40.7. The van der Waals surface area contributed by atoms with E-state index in [1.165, 1.54) is 0 Å². The zero-order chi connectivity index (χ0) is 49.0. The molecule has 3 aromatic heterocycles. The summed E-state index contributed by atoms with van der Waals surface area (Å²) in [5.41, 5.74) is 8.46. The topological polar surface area (TPSA) is 35.2 Å². The summed E-state index contributed by atoms with van der Waals surface area (Å²) in [4.78, 5) is 6.99. The predicted molar refractivity (Wildman–Crippen MR) is 284 cm³/mol. The third-order valence-electron chi connectivity index (χ3n) is 13.0. The minimum absolute atomic E-state index is 0. The van der Waals surface area contributed by atoms with Gasteiger partial charge in [-0.2, -0.15) is 12.1 Å². The molecule has 11 aromatic rings. The van der Waals surface area contributed by atoms with Crippen LogP contribution < -0.4 is 9.64 Å². The molecule has 0 aliphatic carbocycles. The fourth-order valence-electron chi connectivity index (χ4n) is 9.99. The predicted octanol–water partition coefficient (Wildman–Crippen LogP) is 16.8. The molecule has 1 aliphatic heterocycles. The molecule has 1 aliphatic rings. The number of hydrogen-bond acceptors (Lipinski definition) is 3. The van der Waals surface area contributed by atoms with E-state index in [0.29, 0.717) is 28.9 Å². The number of ether oxygens (including phenoxy) is 1. The summed E-state index contributed by atoms with van der Waals surface area (Å²) in [7, 11) is 0. The molecule has 0 saturated heterocycles. The van der Waals surface area contributed by atoms with Crippen molar-refractivity contribution < 1.29 is 29.9 Å². The molecule has 4 heterocycles. The van der Waals surface area contributed by atoms with E-state index in [2.05, 4.69) is 164 Å². The monoisotopic (exact) mass is 1080 g/mol. The number of nitrogens with zero attached hydrogens (tertiary/aromatic N) is 4. The normalized spacial score (nSPS) is 13.4. The standard InChI is InChI=1S/C63H51N4O.Pt/c1-62(2,3)39-41-33-34-64-59(35-41)67-56-29-12-11-25-52(56)53-32-31-46(38-58(53)67)68-45-20-14-19-44(37-45)65-40-66-60-47(42-17-13-18-43(36-42)63(4,5)6)26-15-27-54(60)50-23-9-7-21-48(50)49-22-8-10-24-51(49)55-28-16-30-57(65)61(55)66;/h7-36,40H,39H2,1-6H3;/q-3;/i13D,39D2;. The van der Waals surface area contributed by atoms with Gasteiger partial charge in [-0.1, -0.05) is 174 Å². The van der Waals surface area contributed by atoms with Crippen molar-refractivity contribution in [1.82, 2.24) is 14.1 Å². The van der Waals surface area contributed by atoms with Crippen molar-refractivity contribution in [3.63, 3.8) is 0 Å². The Morgan fingerprint density at radius 2 is 1.25 bits per heavy atom. The molecular formula is C63H51N4OPt-3. The molecule has 0 saturated carbocycles. The van der Waals surface area contributed by atoms with Gasteiger partial charge in [0.05, 0.1) is 1.37 Å². The average Bonchev–Trinajstić information content (AvgIpc) is 3.92. The van der Waals surface area contributed by atoms with Gasteiger partial charge in [-0.15, -0.1) is 35.7 Å². The van der Waals surface area contributed by atoms with Crippen molar-refractivity contribution in [1.29, 1.82) is 0 Å². The van der Waals surface area contributed by atoms with Crippen molar-refractivity contribution in [3.8, 4) is 28.4 Å². The first-order valence-electron chi connectivity index (χ1n) is 24.8. The molecule has 0 spiro atoms. The van der Waals surface area contributed by atoms with E-state index in [-0.39, 0.29) is 26.5 Å². The van der Waals surface area contributed by atoms with E-state index in [1.54, 1.807) is 12.3 Å². The van der Waals surface area contributed by atoms with Gasteiger partial charge in [0.25, 0.3) is 0 Å². The molecule has 0 radical (unpaired) electrons. The van der Waals surface area contributed by atoms with E-state index in [4.69, 9.17) is 13.8 Å². The van der Waals surface area contributed by atoms with Crippen LogP contribution in [0.4, 0.5) is 11.4 Å². The van der Waals surface area contributed by atoms with Crippen LogP contribution in [0.25, 0.3) is 82.1 Å². The van der Waals surface area contributed by atoms with E-state index in [0.717, 1.165) is 93.2 Å². The third kappa shape index (κ3) is 7.80. The van der Waals surface area contributed by atoms with Crippen LogP contribution in [0.2, 0.25) is 0 Å². The summed E-state index contributed by atoms with van der Waals surface area (Å²) in [6, 6.07) is 66.2. The Morgan fingerprint density at radius 1 is 0.609 bits per heavy atom. The van der Waals surface area contributed by atoms with Crippen LogP contribution in [0.3, 0.4) is 0 Å². The molecule has 69 heavy (non-hydrogen) atoms. The van der Waals surface area contributed by atoms with Gasteiger partial charge < -0.3 is 18.8 Å². The molecule has 6 heteroatoms. The number of rotatable bonds is 6. The van der Waals surface area contributed by atoms with Gasteiger partial charge in [0.1, 0.15) is 5.82 Å². The second-order valence-corrected chi connectivity index (χ2v) is 19.8. The summed E-state index contributed by atoms with van der Waals surface area (Å²) in [6.45, 7) is 14.5. The molecule has 8 aromatic carbocycles. The molecular weight excluding hydrogens is 1020 g/mol. The minimum atomic E-state index is -1.60. The van der Waals surface area contributed by atoms with Gasteiger partial charge in [-0.05, 0) is 119 Å². The number of aromatic nitrogens is 3. The second kappa shape index (κ2) is 17.0. The maximum absolute atomic E-state index is 9.06. The summed E-state index contributed by atoms with van der Waals surface area (Å²) >= 11 is 0. The van der Waals surface area contributed by atoms with Crippen LogP contribution >= 0.6 is 0 Å². The SMILES string of the molecule is [2H]c1cc(-c2cccc3c4ccccc4c4ccccc4c4cccc5c4n(c23)[CH-]N5c2[c-]c(Oc3[c-]c4c(cc3)c3ccccc3n4-c3cc(C([2H])([2H])C(C)(C)C)ccn3)ccc2)cc(C(C)(C)C)c1.[Pt]. The van der Waals surface area contributed by atoms with Gasteiger partial charge in [-0.3, -0.25) is 0 Å². The summed E-state index contributed by atoms with van der Waals surface area (Å²) in [5.74, 6) is 1.63. The summed E-state index contributed by atoms with van der Waals surface area (Å²) in [6.07, 6.45) is 0.0871. The summed E-state index contributed by atoms with van der Waals surface area (Å²) < 4.78 is 38.3. The number of hydrogen-bond donors (Lipinski definition) is 0. The second-order valence-electron chi connectivity index (χ2n) is 19.8. The van der Waals surface area contributed by atoms with E-state index >= 15 is 0 Å². The molecule has 0 unspecified atom stereocenters. The van der Waals surface area contributed by atoms with Gasteiger partial charge in [0, 0.05) is 52.7 Å². The number of fused-ring (bicyclic) bond motifs is 10. The van der Waals surface area contributed by atoms with Crippen molar-refractivity contribution in [3.05, 3.63) is 212 Å². The minimum Gasteiger partial charge on any atom is -0.509 e. The zero-order valence-corrected chi connectivity index (χ0v) is 41.6. The largest absolute Gasteiger partial charge is 0.509 e. The van der Waals surface area contributed by atoms with Crippen LogP contribution in [0.5, 0.6) is 11.5 Å². The fraction of sp³-hybridized carbons (Fsp3) is 0.143. The van der Waals surface area contributed by atoms with Crippen LogP contribution in [-0.2, 0) is 32.9 Å². The van der Waals surface area contributed by atoms with Crippen molar-refractivity contribution in [2.24, 2.45) is 5.41 Å². The van der Waals surface area contributed by atoms with Gasteiger partial charge in [0.2, 0.25) is 0 Å². The van der Waals surface area contributed by atoms with E-state index < -0.39 is 11.8 Å². The van der Waals surface area contributed by atoms with Gasteiger partial charge in [0.15, 0.2) is 0 Å². The molecule has 0 amide bonds. The molecule has 0 bridgehead atoms. The number of para-hydroxylation sites is 3. The van der Waals surface area contributed by atoms with Crippen molar-refractivity contribution in [2.75, 3.05) is 4.90 Å². The number of benzene rings is 8. The molecule has 0 fully saturated rings. The van der Waals surface area contributed by atoms with E-state index in [1.807, 2.05) is 73.9 Å². The first-order chi connectivity index (χ1) is 34.1. The number of pyridine rings is 1. The Balaban J connectivity index is 0.00000560. The fourth-order valence-corrected chi connectivity index (χ4v) is 9.99. The summed E-state index contributed by atoms with van der Waals surface area (Å²) in [5, 5.41) is 8.77. The third-order valence-corrected chi connectivity index (χ3v) is 13.0. The maximum Gasteiger partial charge on any atom is 0.135 e. The molecule has 342 valence electrons. The van der Waals surface area contributed by atoms with Crippen LogP contribution in [0.1, 0.15) is 56.8 Å². The smallest absolute Gasteiger partial charge is 0.135 e. The van der Waals surface area contributed by atoms with E-state index in [9.17, 15) is 0 Å². The molecule has 0 atom stereocenters. The average molecular weight is 1080 g/mol. The van der Waals surface area contributed by atoms with Crippen molar-refractivity contribution >= 4 is 76.5 Å². The Morgan fingerprint density at radius 3 is 1.97 bits per heavy atom. The number of anilines is 2. The maximum atomic E-state index is 9.06. The molecule has 12 rings (SSSR count). The zero-order valence-electron chi connectivity index (χ0n) is 42.3. The van der Waals surface area contributed by atoms with Crippen molar-refractivity contribution in [2.45, 2.75) is 53.3 Å². The molecule has 5 nitrogen and oxygen atoms in total. The van der Waals surface area contributed by atoms with Crippen LogP contribution in [-0.4, -0.2) is 14.1 Å². The van der Waals surface area contributed by atoms with Gasteiger partial charge in [-0.25, -0.2) is 4.98 Å². The Kier molecular flexibility index (Phi) is 10.0. The Labute approximate surface area is 422 Å². The van der Waals surface area contributed by atoms with Crippen LogP contribution in [0, 0.1) is 24.2 Å². The first-order valence-corrected chi connectivity index (χ1v) is 23.3. The van der Waals surface area contributed by atoms with Crippen LogP contribution in [0.15, 0.2) is 182 Å². The Bertz CT molecular complexity index is 4050. The van der Waals surface area contributed by atoms with Gasteiger partial charge >= 0.3 is 0 Å². The molecule has 0 N–H and O–H groups in total. The quantitative estimate of drug-likeness (QED) is 0.156.